The Balaban J connectivity index is 1.40. The van der Waals surface area contributed by atoms with Gasteiger partial charge in [-0.05, 0) is 56.4 Å². The van der Waals surface area contributed by atoms with Crippen molar-refractivity contribution in [3.8, 4) is 11.5 Å². The second-order valence-corrected chi connectivity index (χ2v) is 9.03. The average molecular weight is 495 g/mol. The van der Waals surface area contributed by atoms with E-state index in [9.17, 15) is 14.4 Å². The summed E-state index contributed by atoms with van der Waals surface area (Å²) >= 11 is 0. The third-order valence-electron chi connectivity index (χ3n) is 6.75. The molecule has 0 bridgehead atoms. The second kappa shape index (κ2) is 11.9. The van der Waals surface area contributed by atoms with Gasteiger partial charge in [0.1, 0.15) is 11.5 Å². The quantitative estimate of drug-likeness (QED) is 0.387. The van der Waals surface area contributed by atoms with Gasteiger partial charge in [-0.15, -0.1) is 0 Å². The zero-order chi connectivity index (χ0) is 25.5. The molecule has 2 aliphatic heterocycles. The van der Waals surface area contributed by atoms with Gasteiger partial charge in [0.05, 0.1) is 25.9 Å². The molecule has 2 heterocycles. The van der Waals surface area contributed by atoms with Gasteiger partial charge >= 0.3 is 5.97 Å². The summed E-state index contributed by atoms with van der Waals surface area (Å²) < 4.78 is 16.2. The van der Waals surface area contributed by atoms with E-state index >= 15 is 0 Å². The lowest BCUT2D eigenvalue weighted by Gasteiger charge is -2.41. The van der Waals surface area contributed by atoms with Gasteiger partial charge in [-0.2, -0.15) is 0 Å². The molecule has 8 heteroatoms. The third-order valence-corrected chi connectivity index (χ3v) is 6.75. The molecule has 2 amide bonds. The first kappa shape index (κ1) is 25.5. The highest BCUT2D eigenvalue weighted by Gasteiger charge is 2.34. The zero-order valence-electron chi connectivity index (χ0n) is 21.0. The van der Waals surface area contributed by atoms with Gasteiger partial charge in [0.15, 0.2) is 0 Å². The number of methoxy groups -OCH3 is 1. The predicted octanol–water partition coefficient (Wildman–Crippen LogP) is 4.00. The predicted molar refractivity (Wildman–Crippen MR) is 136 cm³/mol. The smallest absolute Gasteiger partial charge is 0.305 e. The number of amides is 2. The normalized spacial score (nSPS) is 15.9. The molecule has 8 nitrogen and oxygen atoms in total. The fraction of sp³-hybridized carbons (Fsp3) is 0.464. The second-order valence-electron chi connectivity index (χ2n) is 9.03. The number of hydrogen-bond acceptors (Lipinski definition) is 6. The van der Waals surface area contributed by atoms with Crippen molar-refractivity contribution >= 4 is 23.5 Å². The number of fused-ring (bicyclic) bond motifs is 1. The van der Waals surface area contributed by atoms with Crippen molar-refractivity contribution in [2.45, 2.75) is 51.5 Å². The lowest BCUT2D eigenvalue weighted by Crippen LogP contribution is -2.50. The van der Waals surface area contributed by atoms with E-state index in [1.54, 1.807) is 32.2 Å². The van der Waals surface area contributed by atoms with Crippen LogP contribution in [0.15, 0.2) is 42.5 Å². The molecule has 2 aliphatic rings. The van der Waals surface area contributed by atoms with Crippen LogP contribution in [0, 0.1) is 0 Å². The molecule has 1 fully saturated rings. The van der Waals surface area contributed by atoms with Crippen LogP contribution < -0.4 is 14.4 Å². The third kappa shape index (κ3) is 5.80. The van der Waals surface area contributed by atoms with Crippen molar-refractivity contribution in [3.63, 3.8) is 0 Å². The highest BCUT2D eigenvalue weighted by molar-refractivity contribution is 5.98. The Morgan fingerprint density at radius 1 is 1.06 bits per heavy atom. The van der Waals surface area contributed by atoms with Gasteiger partial charge in [0.25, 0.3) is 5.91 Å². The molecule has 2 aromatic carbocycles. The number of anilines is 1. The maximum absolute atomic E-state index is 13.4. The number of para-hydroxylation sites is 1. The van der Waals surface area contributed by atoms with Gasteiger partial charge < -0.3 is 24.0 Å². The molecule has 0 radical (unpaired) electrons. The number of aryl methyl sites for hydroxylation is 1. The van der Waals surface area contributed by atoms with E-state index in [1.165, 1.54) is 5.56 Å². The van der Waals surface area contributed by atoms with E-state index in [2.05, 4.69) is 6.07 Å². The van der Waals surface area contributed by atoms with Crippen LogP contribution in [0.25, 0.3) is 0 Å². The Morgan fingerprint density at radius 3 is 2.58 bits per heavy atom. The van der Waals surface area contributed by atoms with E-state index in [0.717, 1.165) is 24.9 Å². The standard InChI is InChI=1S/C28H34N2O6/c1-3-35-27(32)9-6-18-36-25-19-22(34-2)11-12-23(25)28(33)29-16-14-21(15-17-29)30-24-8-5-4-7-20(24)10-13-26(30)31/h4-5,7-8,11-12,19,21H,3,6,9-10,13-18H2,1-2H3. The van der Waals surface area contributed by atoms with Gasteiger partial charge in [0.2, 0.25) is 5.91 Å². The summed E-state index contributed by atoms with van der Waals surface area (Å²) in [6.07, 6.45) is 3.49. The van der Waals surface area contributed by atoms with Crippen molar-refractivity contribution in [3.05, 3.63) is 53.6 Å². The number of rotatable bonds is 9. The van der Waals surface area contributed by atoms with Crippen LogP contribution >= 0.6 is 0 Å². The van der Waals surface area contributed by atoms with Crippen LogP contribution in [0.2, 0.25) is 0 Å². The molecule has 1 saturated heterocycles. The van der Waals surface area contributed by atoms with E-state index in [1.807, 2.05) is 28.0 Å². The first-order valence-corrected chi connectivity index (χ1v) is 12.7. The fourth-order valence-electron chi connectivity index (χ4n) is 4.91. The number of nitrogens with zero attached hydrogens (tertiary/aromatic N) is 2. The summed E-state index contributed by atoms with van der Waals surface area (Å²) in [7, 11) is 1.56. The molecule has 0 N–H and O–H groups in total. The summed E-state index contributed by atoms with van der Waals surface area (Å²) in [6, 6.07) is 13.3. The van der Waals surface area contributed by atoms with Gasteiger partial charge in [0, 0.05) is 43.7 Å². The molecule has 0 aliphatic carbocycles. The topological polar surface area (TPSA) is 85.4 Å². The Labute approximate surface area is 212 Å². The van der Waals surface area contributed by atoms with E-state index < -0.39 is 0 Å². The number of likely N-dealkylation sites (tertiary alicyclic amines) is 1. The van der Waals surface area contributed by atoms with Crippen LogP contribution in [-0.4, -0.2) is 62.1 Å². The minimum Gasteiger partial charge on any atom is -0.497 e. The number of ether oxygens (including phenoxy) is 3. The number of piperidine rings is 1. The molecular weight excluding hydrogens is 460 g/mol. The Kier molecular flexibility index (Phi) is 8.46. The summed E-state index contributed by atoms with van der Waals surface area (Å²) in [5.74, 6) is 0.813. The zero-order valence-corrected chi connectivity index (χ0v) is 21.0. The first-order chi connectivity index (χ1) is 17.5. The fourth-order valence-corrected chi connectivity index (χ4v) is 4.91. The molecule has 0 unspecified atom stereocenters. The minimum atomic E-state index is -0.263. The summed E-state index contributed by atoms with van der Waals surface area (Å²) in [4.78, 5) is 41.6. The molecule has 192 valence electrons. The van der Waals surface area contributed by atoms with Crippen molar-refractivity contribution in [1.29, 1.82) is 0 Å². The molecule has 0 saturated carbocycles. The van der Waals surface area contributed by atoms with E-state index in [-0.39, 0.29) is 36.9 Å². The van der Waals surface area contributed by atoms with Crippen LogP contribution in [0.5, 0.6) is 11.5 Å². The summed E-state index contributed by atoms with van der Waals surface area (Å²) in [5, 5.41) is 0. The molecule has 4 rings (SSSR count). The molecule has 2 aromatic rings. The number of carbonyl (C=O) groups excluding carboxylic acids is 3. The maximum Gasteiger partial charge on any atom is 0.305 e. The molecule has 36 heavy (non-hydrogen) atoms. The largest absolute Gasteiger partial charge is 0.497 e. The van der Waals surface area contributed by atoms with Crippen molar-refractivity contribution in [2.24, 2.45) is 0 Å². The first-order valence-electron chi connectivity index (χ1n) is 12.7. The number of carbonyl (C=O) groups is 3. The summed E-state index contributed by atoms with van der Waals surface area (Å²) in [5.41, 5.74) is 2.68. The molecule has 0 aromatic heterocycles. The van der Waals surface area contributed by atoms with E-state index in [0.29, 0.717) is 49.6 Å². The van der Waals surface area contributed by atoms with Gasteiger partial charge in [-0.25, -0.2) is 0 Å². The number of esters is 1. The van der Waals surface area contributed by atoms with Crippen LogP contribution in [-0.2, 0) is 20.7 Å². The highest BCUT2D eigenvalue weighted by atomic mass is 16.5. The Bertz CT molecular complexity index is 1090. The Hall–Kier alpha value is -3.55. The van der Waals surface area contributed by atoms with Gasteiger partial charge in [-0.3, -0.25) is 14.4 Å². The van der Waals surface area contributed by atoms with Crippen LogP contribution in [0.3, 0.4) is 0 Å². The lowest BCUT2D eigenvalue weighted by molar-refractivity contribution is -0.143. The lowest BCUT2D eigenvalue weighted by atomic mass is 9.95. The average Bonchev–Trinajstić information content (AvgIpc) is 2.91. The molecule has 0 spiro atoms. The SMILES string of the molecule is CCOC(=O)CCCOc1cc(OC)ccc1C(=O)N1CCC(N2C(=O)CCc3ccccc32)CC1. The molecule has 0 atom stereocenters. The number of benzene rings is 2. The van der Waals surface area contributed by atoms with Crippen molar-refractivity contribution < 1.29 is 28.6 Å². The summed E-state index contributed by atoms with van der Waals surface area (Å²) in [6.45, 7) is 3.52. The number of hydrogen-bond donors (Lipinski definition) is 0. The monoisotopic (exact) mass is 494 g/mol. The van der Waals surface area contributed by atoms with Crippen molar-refractivity contribution in [2.75, 3.05) is 38.3 Å². The van der Waals surface area contributed by atoms with Crippen LogP contribution in [0.1, 0.15) is 54.9 Å². The van der Waals surface area contributed by atoms with Gasteiger partial charge in [-0.1, -0.05) is 18.2 Å². The Morgan fingerprint density at radius 2 is 1.83 bits per heavy atom. The molecular formula is C28H34N2O6. The minimum absolute atomic E-state index is 0.0810. The van der Waals surface area contributed by atoms with Crippen LogP contribution in [0.4, 0.5) is 5.69 Å². The maximum atomic E-state index is 13.4. The highest BCUT2D eigenvalue weighted by Crippen LogP contribution is 2.33. The van der Waals surface area contributed by atoms with Crippen molar-refractivity contribution in [1.82, 2.24) is 4.90 Å². The van der Waals surface area contributed by atoms with E-state index in [4.69, 9.17) is 14.2 Å².